The van der Waals surface area contributed by atoms with Gasteiger partial charge in [-0.2, -0.15) is 26.3 Å². The van der Waals surface area contributed by atoms with Gasteiger partial charge >= 0.3 is 24.2 Å². The smallest absolute Gasteiger partial charge is 0.462 e. The number of nitrogens with one attached hydrogen (secondary N) is 2. The third kappa shape index (κ3) is 6.76. The number of pyridine rings is 1. The molecule has 1 aromatic carbocycles. The number of aromatic amines is 1. The quantitative estimate of drug-likeness (QED) is 0.365. The molecule has 6 nitrogen and oxygen atoms in total. The van der Waals surface area contributed by atoms with Crippen LogP contribution in [0.5, 0.6) is 0 Å². The van der Waals surface area contributed by atoms with E-state index in [1.807, 2.05) is 13.8 Å². The molecule has 0 spiro atoms. The number of alkyl halides is 6. The zero-order valence-corrected chi connectivity index (χ0v) is 19.6. The molecule has 1 aliphatic carbocycles. The fourth-order valence-electron chi connectivity index (χ4n) is 3.64. The van der Waals surface area contributed by atoms with E-state index < -0.39 is 35.4 Å². The maximum absolute atomic E-state index is 13.2. The van der Waals surface area contributed by atoms with Crippen molar-refractivity contribution >= 4 is 28.7 Å². The summed E-state index contributed by atoms with van der Waals surface area (Å²) in [5.74, 6) is -3.14. The van der Waals surface area contributed by atoms with E-state index in [9.17, 15) is 40.7 Å². The van der Waals surface area contributed by atoms with E-state index in [1.54, 1.807) is 5.32 Å². The van der Waals surface area contributed by atoms with Crippen LogP contribution in [0, 0.1) is 0 Å². The van der Waals surface area contributed by atoms with Crippen molar-refractivity contribution in [2.24, 2.45) is 0 Å². The van der Waals surface area contributed by atoms with Gasteiger partial charge in [0.25, 0.3) is 5.56 Å². The van der Waals surface area contributed by atoms with Crippen LogP contribution in [-0.4, -0.2) is 29.6 Å². The topological polar surface area (TPSA) is 88.3 Å². The Hall–Kier alpha value is -3.57. The second-order valence-electron chi connectivity index (χ2n) is 7.41. The summed E-state index contributed by atoms with van der Waals surface area (Å²) in [6, 6.07) is 4.16. The molecule has 0 fully saturated rings. The average molecular weight is 518 g/mol. The molecule has 1 amide bonds. The highest BCUT2D eigenvalue weighted by Crippen LogP contribution is 2.41. The van der Waals surface area contributed by atoms with Gasteiger partial charge in [0, 0.05) is 17.4 Å². The van der Waals surface area contributed by atoms with Crippen molar-refractivity contribution in [3.63, 3.8) is 0 Å². The number of amides is 1. The molecule has 0 unspecified atom stereocenters. The van der Waals surface area contributed by atoms with Gasteiger partial charge in [0.1, 0.15) is 0 Å². The summed E-state index contributed by atoms with van der Waals surface area (Å²) in [4.78, 5) is 38.1. The van der Waals surface area contributed by atoms with Crippen LogP contribution in [0.2, 0.25) is 0 Å². The molecule has 196 valence electrons. The summed E-state index contributed by atoms with van der Waals surface area (Å²) in [6.07, 6.45) is -8.39. The van der Waals surface area contributed by atoms with Gasteiger partial charge in [0.2, 0.25) is 0 Å². The third-order valence-corrected chi connectivity index (χ3v) is 5.08. The van der Waals surface area contributed by atoms with E-state index in [1.165, 1.54) is 13.0 Å². The van der Waals surface area contributed by atoms with E-state index in [0.717, 1.165) is 12.1 Å². The molecular formula is C24H24F6N2O4. The number of halogens is 6. The predicted octanol–water partition coefficient (Wildman–Crippen LogP) is 6.19. The Labute approximate surface area is 202 Å². The largest absolute Gasteiger partial charge is 0.471 e. The van der Waals surface area contributed by atoms with E-state index in [-0.39, 0.29) is 47.4 Å². The summed E-state index contributed by atoms with van der Waals surface area (Å²) in [7, 11) is 0. The Morgan fingerprint density at radius 3 is 2.22 bits per heavy atom. The minimum Gasteiger partial charge on any atom is -0.462 e. The number of benzene rings is 1. The number of rotatable bonds is 5. The lowest BCUT2D eigenvalue weighted by Gasteiger charge is -2.14. The number of aromatic nitrogens is 1. The summed E-state index contributed by atoms with van der Waals surface area (Å²) >= 11 is 0. The molecule has 0 saturated heterocycles. The van der Waals surface area contributed by atoms with E-state index in [4.69, 9.17) is 4.74 Å². The highest BCUT2D eigenvalue weighted by molar-refractivity contribution is 6.00. The van der Waals surface area contributed by atoms with Gasteiger partial charge in [-0.3, -0.25) is 9.59 Å². The van der Waals surface area contributed by atoms with Crippen LogP contribution < -0.4 is 10.9 Å². The fourth-order valence-corrected chi connectivity index (χ4v) is 3.64. The monoisotopic (exact) mass is 518 g/mol. The minimum atomic E-state index is -5.19. The Morgan fingerprint density at radius 1 is 1.00 bits per heavy atom. The number of carbonyl (C=O) groups is 2. The van der Waals surface area contributed by atoms with E-state index in [2.05, 4.69) is 4.98 Å². The molecule has 0 aliphatic heterocycles. The lowest BCUT2D eigenvalue weighted by molar-refractivity contribution is -0.167. The Kier molecular flexibility index (Phi) is 9.11. The Bertz CT molecular complexity index is 1210. The molecule has 1 heterocycles. The van der Waals surface area contributed by atoms with Crippen molar-refractivity contribution in [1.82, 2.24) is 4.98 Å². The molecule has 0 atom stereocenters. The van der Waals surface area contributed by atoms with Crippen LogP contribution in [0.25, 0.3) is 11.1 Å². The first-order chi connectivity index (χ1) is 16.8. The van der Waals surface area contributed by atoms with Crippen molar-refractivity contribution < 1.29 is 40.7 Å². The maximum Gasteiger partial charge on any atom is 0.471 e. The standard InChI is InChI=1S/C22H18F6N2O4.C2H6/c1-2-34-19(32)12-6-11(7-14(8-12)30-20(33)22(26,27)28)15-4-3-5-16(15)17-9-13(21(23,24)25)10-29-18(17)31;1-2/h6-10H,2-5H2,1H3,(H,29,31)(H,30,33);1-2H3. The molecule has 0 saturated carbocycles. The number of hydrogen-bond acceptors (Lipinski definition) is 4. The number of H-pyrrole nitrogens is 1. The summed E-state index contributed by atoms with van der Waals surface area (Å²) in [5.41, 5.74) is -1.79. The van der Waals surface area contributed by atoms with Gasteiger partial charge < -0.3 is 15.0 Å². The van der Waals surface area contributed by atoms with Crippen LogP contribution >= 0.6 is 0 Å². The number of hydrogen-bond donors (Lipinski definition) is 2. The highest BCUT2D eigenvalue weighted by atomic mass is 19.4. The van der Waals surface area contributed by atoms with Crippen LogP contribution in [0.1, 0.15) is 67.1 Å². The van der Waals surface area contributed by atoms with Crippen LogP contribution in [0.3, 0.4) is 0 Å². The molecule has 0 radical (unpaired) electrons. The molecule has 2 N–H and O–H groups in total. The van der Waals surface area contributed by atoms with Gasteiger partial charge in [0.05, 0.1) is 17.7 Å². The number of allylic oxidation sites excluding steroid dienone is 2. The normalized spacial score (nSPS) is 13.7. The molecule has 12 heteroatoms. The average Bonchev–Trinajstić information content (AvgIpc) is 3.29. The fraction of sp³-hybridized carbons (Fsp3) is 0.375. The van der Waals surface area contributed by atoms with Gasteiger partial charge in [0.15, 0.2) is 0 Å². The van der Waals surface area contributed by atoms with Crippen LogP contribution in [0.15, 0.2) is 35.3 Å². The lowest BCUT2D eigenvalue weighted by Crippen LogP contribution is -2.30. The summed E-state index contributed by atoms with van der Waals surface area (Å²) in [5, 5.41) is 1.67. The zero-order chi connectivity index (χ0) is 27.3. The minimum absolute atomic E-state index is 0.0269. The summed E-state index contributed by atoms with van der Waals surface area (Å²) in [6.45, 7) is 5.49. The van der Waals surface area contributed by atoms with Crippen LogP contribution in [0.4, 0.5) is 32.0 Å². The molecule has 2 aromatic rings. The first-order valence-corrected chi connectivity index (χ1v) is 11.0. The predicted molar refractivity (Wildman–Crippen MR) is 121 cm³/mol. The second kappa shape index (κ2) is 11.4. The van der Waals surface area contributed by atoms with Crippen molar-refractivity contribution in [3.05, 3.63) is 63.1 Å². The first-order valence-electron chi connectivity index (χ1n) is 11.0. The van der Waals surface area contributed by atoms with Gasteiger partial charge in [-0.25, -0.2) is 4.79 Å². The van der Waals surface area contributed by atoms with Crippen molar-refractivity contribution in [2.45, 2.75) is 52.4 Å². The van der Waals surface area contributed by atoms with Gasteiger partial charge in [-0.15, -0.1) is 0 Å². The Morgan fingerprint density at radius 2 is 1.64 bits per heavy atom. The Balaban J connectivity index is 0.00000222. The SMILES string of the molecule is CC.CCOC(=O)c1cc(NC(=O)C(F)(F)F)cc(C2=C(c3cc(C(F)(F)F)c[nH]c3=O)CCC2)c1. The van der Waals surface area contributed by atoms with Gasteiger partial charge in [-0.05, 0) is 67.2 Å². The lowest BCUT2D eigenvalue weighted by atomic mass is 9.95. The van der Waals surface area contributed by atoms with Crippen molar-refractivity contribution in [1.29, 1.82) is 0 Å². The number of esters is 1. The number of anilines is 1. The zero-order valence-electron chi connectivity index (χ0n) is 19.6. The molecule has 1 aromatic heterocycles. The number of carbonyl (C=O) groups excluding carboxylic acids is 2. The molecule has 1 aliphatic rings. The first kappa shape index (κ1) is 28.7. The van der Waals surface area contributed by atoms with E-state index >= 15 is 0 Å². The molecular weight excluding hydrogens is 494 g/mol. The third-order valence-electron chi connectivity index (χ3n) is 5.08. The maximum atomic E-state index is 13.2. The summed E-state index contributed by atoms with van der Waals surface area (Å²) < 4.78 is 82.6. The molecule has 36 heavy (non-hydrogen) atoms. The number of ether oxygens (including phenoxy) is 1. The molecule has 0 bridgehead atoms. The second-order valence-corrected chi connectivity index (χ2v) is 7.41. The molecule has 3 rings (SSSR count). The van der Waals surface area contributed by atoms with E-state index in [0.29, 0.717) is 24.3 Å². The van der Waals surface area contributed by atoms with Crippen molar-refractivity contribution in [2.75, 3.05) is 11.9 Å². The highest BCUT2D eigenvalue weighted by Gasteiger charge is 2.39. The van der Waals surface area contributed by atoms with Crippen molar-refractivity contribution in [3.8, 4) is 0 Å². The van der Waals surface area contributed by atoms with Gasteiger partial charge in [-0.1, -0.05) is 13.8 Å². The van der Waals surface area contributed by atoms with Crippen LogP contribution in [-0.2, 0) is 15.7 Å².